The van der Waals surface area contributed by atoms with Crippen LogP contribution < -0.4 is 10.6 Å². The van der Waals surface area contributed by atoms with Gasteiger partial charge in [-0.1, -0.05) is 18.2 Å². The normalized spacial score (nSPS) is 16.8. The second kappa shape index (κ2) is 6.37. The van der Waals surface area contributed by atoms with Gasteiger partial charge in [0.1, 0.15) is 0 Å². The van der Waals surface area contributed by atoms with E-state index in [-0.39, 0.29) is 0 Å². The van der Waals surface area contributed by atoms with Gasteiger partial charge in [-0.15, -0.1) is 0 Å². The van der Waals surface area contributed by atoms with Crippen LogP contribution in [0.1, 0.15) is 24.5 Å². The van der Waals surface area contributed by atoms with Crippen molar-refractivity contribution in [2.45, 2.75) is 31.9 Å². The first-order chi connectivity index (χ1) is 9.12. The Balaban J connectivity index is 1.85. The van der Waals surface area contributed by atoms with Crippen LogP contribution >= 0.6 is 0 Å². The summed E-state index contributed by atoms with van der Waals surface area (Å²) in [5.74, 6) is 0. The predicted octanol–water partition coefficient (Wildman–Crippen LogP) is 1.53. The van der Waals surface area contributed by atoms with Crippen LogP contribution in [-0.2, 0) is 17.7 Å². The molecule has 0 aromatic heterocycles. The zero-order valence-electron chi connectivity index (χ0n) is 11.8. The smallest absolute Gasteiger partial charge is 0.0765 e. The van der Waals surface area contributed by atoms with Gasteiger partial charge in [-0.05, 0) is 24.5 Å². The molecular formula is C15H24N2O2. The molecule has 0 fully saturated rings. The van der Waals surface area contributed by atoms with Crippen LogP contribution in [0.3, 0.4) is 0 Å². The van der Waals surface area contributed by atoms with Crippen molar-refractivity contribution in [1.29, 1.82) is 0 Å². The number of nitrogens with one attached hydrogen (secondary N) is 2. The van der Waals surface area contributed by atoms with Gasteiger partial charge in [0.2, 0.25) is 0 Å². The summed E-state index contributed by atoms with van der Waals surface area (Å²) in [6.07, 6.45) is 1.75. The summed E-state index contributed by atoms with van der Waals surface area (Å²) < 4.78 is 5.01. The van der Waals surface area contributed by atoms with Crippen molar-refractivity contribution >= 4 is 5.69 Å². The molecule has 0 radical (unpaired) electrons. The molecule has 1 aliphatic rings. The molecule has 1 atom stereocenters. The molecule has 4 nitrogen and oxygen atoms in total. The van der Waals surface area contributed by atoms with Gasteiger partial charge in [-0.3, -0.25) is 0 Å². The highest BCUT2D eigenvalue weighted by atomic mass is 16.5. The summed E-state index contributed by atoms with van der Waals surface area (Å²) in [6, 6.07) is 6.41. The third-order valence-electron chi connectivity index (χ3n) is 3.60. The average Bonchev–Trinajstić information content (AvgIpc) is 2.85. The van der Waals surface area contributed by atoms with Gasteiger partial charge in [0.15, 0.2) is 0 Å². The maximum absolute atomic E-state index is 10.2. The lowest BCUT2D eigenvalue weighted by atomic mass is 10.0. The SMILES string of the molecule is COCCC(C)(O)CNCc1cccc2c1NCC2. The molecule has 0 amide bonds. The minimum Gasteiger partial charge on any atom is -0.389 e. The lowest BCUT2D eigenvalue weighted by molar-refractivity contribution is 0.0247. The zero-order valence-corrected chi connectivity index (χ0v) is 11.8. The number of methoxy groups -OCH3 is 1. The van der Waals surface area contributed by atoms with Gasteiger partial charge in [0.25, 0.3) is 0 Å². The van der Waals surface area contributed by atoms with Gasteiger partial charge >= 0.3 is 0 Å². The highest BCUT2D eigenvalue weighted by molar-refractivity contribution is 5.61. The molecule has 1 aliphatic heterocycles. The number of fused-ring (bicyclic) bond motifs is 1. The quantitative estimate of drug-likeness (QED) is 0.699. The molecule has 1 aromatic carbocycles. The number of aliphatic hydroxyl groups is 1. The van der Waals surface area contributed by atoms with Crippen molar-refractivity contribution < 1.29 is 9.84 Å². The summed E-state index contributed by atoms with van der Waals surface area (Å²) in [4.78, 5) is 0. The molecule has 19 heavy (non-hydrogen) atoms. The summed E-state index contributed by atoms with van der Waals surface area (Å²) in [5.41, 5.74) is 3.22. The molecule has 1 unspecified atom stereocenters. The Hall–Kier alpha value is -1.10. The first kappa shape index (κ1) is 14.3. The predicted molar refractivity (Wildman–Crippen MR) is 77.5 cm³/mol. The first-order valence-corrected chi connectivity index (χ1v) is 6.89. The maximum atomic E-state index is 10.2. The van der Waals surface area contributed by atoms with Gasteiger partial charge < -0.3 is 20.5 Å². The third-order valence-corrected chi connectivity index (χ3v) is 3.60. The van der Waals surface area contributed by atoms with E-state index >= 15 is 0 Å². The van der Waals surface area contributed by atoms with E-state index in [1.165, 1.54) is 16.8 Å². The highest BCUT2D eigenvalue weighted by Crippen LogP contribution is 2.26. The lowest BCUT2D eigenvalue weighted by Gasteiger charge is -2.23. The maximum Gasteiger partial charge on any atom is 0.0765 e. The molecule has 0 saturated carbocycles. The molecule has 0 bridgehead atoms. The van der Waals surface area contributed by atoms with E-state index < -0.39 is 5.60 Å². The molecule has 0 spiro atoms. The fourth-order valence-corrected chi connectivity index (χ4v) is 2.43. The van der Waals surface area contributed by atoms with Crippen LogP contribution in [-0.4, -0.2) is 37.5 Å². The van der Waals surface area contributed by atoms with Gasteiger partial charge in [0, 0.05) is 45.5 Å². The van der Waals surface area contributed by atoms with E-state index in [0.29, 0.717) is 19.6 Å². The Labute approximate surface area is 115 Å². The summed E-state index contributed by atoms with van der Waals surface area (Å²) in [5, 5.41) is 16.9. The van der Waals surface area contributed by atoms with Gasteiger partial charge in [-0.25, -0.2) is 0 Å². The number of ether oxygens (including phenoxy) is 1. The van der Waals surface area contributed by atoms with Crippen LogP contribution in [0.5, 0.6) is 0 Å². The number of hydrogen-bond acceptors (Lipinski definition) is 4. The van der Waals surface area contributed by atoms with Crippen molar-refractivity contribution in [3.05, 3.63) is 29.3 Å². The number of hydrogen-bond donors (Lipinski definition) is 3. The number of para-hydroxylation sites is 1. The highest BCUT2D eigenvalue weighted by Gasteiger charge is 2.20. The lowest BCUT2D eigenvalue weighted by Crippen LogP contribution is -2.38. The molecule has 4 heteroatoms. The standard InChI is InChI=1S/C15H24N2O2/c1-15(18,7-9-19-2)11-16-10-13-5-3-4-12-6-8-17-14(12)13/h3-5,16-18H,6-11H2,1-2H3. The van der Waals surface area contributed by atoms with Crippen molar-refractivity contribution in [3.63, 3.8) is 0 Å². The Morgan fingerprint density at radius 3 is 3.11 bits per heavy atom. The molecule has 2 rings (SSSR count). The number of rotatable bonds is 7. The second-order valence-electron chi connectivity index (χ2n) is 5.47. The third kappa shape index (κ3) is 3.93. The van der Waals surface area contributed by atoms with Crippen LogP contribution in [0.25, 0.3) is 0 Å². The minimum atomic E-state index is -0.721. The summed E-state index contributed by atoms with van der Waals surface area (Å²) in [7, 11) is 1.66. The Kier molecular flexibility index (Phi) is 4.80. The van der Waals surface area contributed by atoms with E-state index in [2.05, 4.69) is 28.8 Å². The van der Waals surface area contributed by atoms with Crippen molar-refractivity contribution in [1.82, 2.24) is 5.32 Å². The van der Waals surface area contributed by atoms with E-state index in [9.17, 15) is 5.11 Å². The van der Waals surface area contributed by atoms with E-state index in [1.807, 2.05) is 6.92 Å². The Morgan fingerprint density at radius 1 is 1.47 bits per heavy atom. The topological polar surface area (TPSA) is 53.5 Å². The molecule has 0 saturated heterocycles. The van der Waals surface area contributed by atoms with Crippen LogP contribution in [0.2, 0.25) is 0 Å². The van der Waals surface area contributed by atoms with Crippen molar-refractivity contribution in [2.75, 3.05) is 32.1 Å². The number of anilines is 1. The molecule has 0 aliphatic carbocycles. The summed E-state index contributed by atoms with van der Waals surface area (Å²) >= 11 is 0. The van der Waals surface area contributed by atoms with Crippen LogP contribution in [0.15, 0.2) is 18.2 Å². The van der Waals surface area contributed by atoms with Crippen molar-refractivity contribution in [3.8, 4) is 0 Å². The molecule has 1 heterocycles. The van der Waals surface area contributed by atoms with E-state index in [1.54, 1.807) is 7.11 Å². The largest absolute Gasteiger partial charge is 0.389 e. The second-order valence-corrected chi connectivity index (χ2v) is 5.47. The fourth-order valence-electron chi connectivity index (χ4n) is 2.43. The number of benzene rings is 1. The first-order valence-electron chi connectivity index (χ1n) is 6.89. The molecule has 106 valence electrons. The van der Waals surface area contributed by atoms with Crippen LogP contribution in [0, 0.1) is 0 Å². The molecule has 3 N–H and O–H groups in total. The van der Waals surface area contributed by atoms with E-state index in [0.717, 1.165) is 19.5 Å². The minimum absolute atomic E-state index is 0.569. The zero-order chi connectivity index (χ0) is 13.7. The van der Waals surface area contributed by atoms with E-state index in [4.69, 9.17) is 4.74 Å². The fraction of sp³-hybridized carbons (Fsp3) is 0.600. The van der Waals surface area contributed by atoms with Gasteiger partial charge in [-0.2, -0.15) is 0 Å². The molecule has 1 aromatic rings. The van der Waals surface area contributed by atoms with Crippen molar-refractivity contribution in [2.24, 2.45) is 0 Å². The Morgan fingerprint density at radius 2 is 2.32 bits per heavy atom. The van der Waals surface area contributed by atoms with Crippen LogP contribution in [0.4, 0.5) is 5.69 Å². The van der Waals surface area contributed by atoms with Gasteiger partial charge in [0.05, 0.1) is 5.60 Å². The Bertz CT molecular complexity index is 419. The average molecular weight is 264 g/mol. The monoisotopic (exact) mass is 264 g/mol. The molecular weight excluding hydrogens is 240 g/mol. The summed E-state index contributed by atoms with van der Waals surface area (Å²) in [6.45, 7) is 4.79.